The Kier molecular flexibility index (Phi) is 3.98. The Morgan fingerprint density at radius 1 is 0.731 bits per heavy atom. The molecule has 0 aromatic heterocycles. The lowest BCUT2D eigenvalue weighted by Crippen LogP contribution is -2.22. The van der Waals surface area contributed by atoms with Crippen molar-refractivity contribution in [3.63, 3.8) is 0 Å². The van der Waals surface area contributed by atoms with Crippen LogP contribution in [-0.2, 0) is 0 Å². The number of thioether (sulfide) groups is 2. The third kappa shape index (κ3) is 2.72. The first-order chi connectivity index (χ1) is 12.7. The number of nitrogens with zero attached hydrogens (tertiary/aromatic N) is 4. The smallest absolute Gasteiger partial charge is 0.169 e. The predicted octanol–water partition coefficient (Wildman–Crippen LogP) is 4.71. The number of amidine groups is 2. The first-order valence-corrected chi connectivity index (χ1v) is 10.6. The maximum Gasteiger partial charge on any atom is 0.169 e. The number of rotatable bonds is 0. The van der Waals surface area contributed by atoms with Gasteiger partial charge in [0.25, 0.3) is 0 Å². The number of para-hydroxylation sites is 2. The van der Waals surface area contributed by atoms with Crippen molar-refractivity contribution in [1.82, 2.24) is 0 Å². The fourth-order valence-electron chi connectivity index (χ4n) is 3.58. The van der Waals surface area contributed by atoms with Gasteiger partial charge in [-0.05, 0) is 61.6 Å². The highest BCUT2D eigenvalue weighted by Crippen LogP contribution is 2.43. The second-order valence-corrected chi connectivity index (χ2v) is 8.90. The quantitative estimate of drug-likeness (QED) is 0.662. The van der Waals surface area contributed by atoms with E-state index in [1.165, 1.54) is 31.5 Å². The van der Waals surface area contributed by atoms with Crippen molar-refractivity contribution in [2.45, 2.75) is 35.7 Å². The molecule has 26 heavy (non-hydrogen) atoms. The minimum Gasteiger partial charge on any atom is -0.318 e. The summed E-state index contributed by atoms with van der Waals surface area (Å²) in [6.07, 6.45) is 0. The minimum absolute atomic E-state index is 0.454. The van der Waals surface area contributed by atoms with Crippen LogP contribution in [0.2, 0.25) is 0 Å². The van der Waals surface area contributed by atoms with Gasteiger partial charge in [-0.3, -0.25) is 9.98 Å². The van der Waals surface area contributed by atoms with Crippen molar-refractivity contribution in [1.29, 1.82) is 0 Å². The monoisotopic (exact) mass is 380 g/mol. The van der Waals surface area contributed by atoms with Crippen LogP contribution in [0.5, 0.6) is 0 Å². The normalized spacial score (nSPS) is 24.2. The largest absolute Gasteiger partial charge is 0.318 e. The fourth-order valence-corrected chi connectivity index (χ4v) is 5.86. The highest BCUT2D eigenvalue weighted by molar-refractivity contribution is 8.15. The van der Waals surface area contributed by atoms with Crippen LogP contribution < -0.4 is 9.80 Å². The van der Waals surface area contributed by atoms with E-state index in [1.807, 2.05) is 0 Å². The summed E-state index contributed by atoms with van der Waals surface area (Å²) in [5.74, 6) is 0. The maximum atomic E-state index is 4.57. The summed E-state index contributed by atoms with van der Waals surface area (Å²) in [5, 5.41) is 2.35. The number of hydrogen-bond acceptors (Lipinski definition) is 6. The molecule has 0 spiro atoms. The van der Waals surface area contributed by atoms with Gasteiger partial charge in [0.2, 0.25) is 0 Å². The Bertz CT molecular complexity index is 848. The molecule has 0 amide bonds. The van der Waals surface area contributed by atoms with E-state index in [4.69, 9.17) is 0 Å². The van der Waals surface area contributed by atoms with E-state index in [1.54, 1.807) is 23.5 Å². The average Bonchev–Trinajstić information content (AvgIpc) is 3.34. The molecule has 2 atom stereocenters. The van der Waals surface area contributed by atoms with Gasteiger partial charge in [-0.25, -0.2) is 0 Å². The zero-order valence-electron chi connectivity index (χ0n) is 14.8. The Hall–Kier alpha value is -1.92. The number of benzene rings is 2. The van der Waals surface area contributed by atoms with Crippen LogP contribution in [0.1, 0.15) is 13.8 Å². The molecular formula is C20H20N4S2. The van der Waals surface area contributed by atoms with Crippen LogP contribution in [0.25, 0.3) is 0 Å². The van der Waals surface area contributed by atoms with Gasteiger partial charge >= 0.3 is 0 Å². The second-order valence-electron chi connectivity index (χ2n) is 6.88. The number of hydrogen-bond donors (Lipinski definition) is 0. The van der Waals surface area contributed by atoms with Crippen molar-refractivity contribution in [3.05, 3.63) is 48.5 Å². The fraction of sp³-hybridized carbons (Fsp3) is 0.300. The molecule has 0 N–H and O–H groups in total. The van der Waals surface area contributed by atoms with Gasteiger partial charge in [0.15, 0.2) is 10.3 Å². The zero-order chi connectivity index (χ0) is 17.7. The van der Waals surface area contributed by atoms with E-state index in [0.717, 1.165) is 13.1 Å². The van der Waals surface area contributed by atoms with E-state index in [-0.39, 0.29) is 0 Å². The van der Waals surface area contributed by atoms with E-state index in [0.29, 0.717) is 12.1 Å². The van der Waals surface area contributed by atoms with Gasteiger partial charge in [-0.1, -0.05) is 24.3 Å². The van der Waals surface area contributed by atoms with Gasteiger partial charge in [0, 0.05) is 22.9 Å². The topological polar surface area (TPSA) is 31.2 Å². The Labute approximate surface area is 162 Å². The zero-order valence-corrected chi connectivity index (χ0v) is 16.4. The molecule has 4 aliphatic rings. The molecule has 0 saturated heterocycles. The summed E-state index contributed by atoms with van der Waals surface area (Å²) in [6, 6.07) is 17.9. The molecule has 6 rings (SSSR count). The van der Waals surface area contributed by atoms with Crippen molar-refractivity contribution >= 4 is 45.2 Å². The third-order valence-corrected chi connectivity index (χ3v) is 6.88. The highest BCUT2D eigenvalue weighted by Gasteiger charge is 2.32. The SMILES string of the molecule is C[C@@H]1CN2C(=N1)Sc1ccccc12.C[C@H]1CN2C(=N1)Sc1ccccc12. The molecule has 0 saturated carbocycles. The second kappa shape index (κ2) is 6.35. The van der Waals surface area contributed by atoms with Gasteiger partial charge in [-0.2, -0.15) is 0 Å². The molecule has 4 nitrogen and oxygen atoms in total. The molecule has 0 aliphatic carbocycles. The highest BCUT2D eigenvalue weighted by atomic mass is 32.2. The molecule has 0 fully saturated rings. The van der Waals surface area contributed by atoms with Crippen LogP contribution in [0.15, 0.2) is 68.3 Å². The Morgan fingerprint density at radius 3 is 1.62 bits per heavy atom. The van der Waals surface area contributed by atoms with Crippen LogP contribution in [0.3, 0.4) is 0 Å². The molecule has 2 aromatic carbocycles. The standard InChI is InChI=1S/2C10H10N2S/c2*1-7-6-12-8-4-2-3-5-9(8)13-10(12)11-7/h2*2-5,7H,6H2,1H3/t2*7-/m10/s1. The molecule has 0 bridgehead atoms. The lowest BCUT2D eigenvalue weighted by atomic mass is 10.3. The predicted molar refractivity (Wildman–Crippen MR) is 113 cm³/mol. The Morgan fingerprint density at radius 2 is 1.15 bits per heavy atom. The minimum atomic E-state index is 0.454. The molecule has 0 unspecified atom stereocenters. The van der Waals surface area contributed by atoms with Crippen molar-refractivity contribution < 1.29 is 0 Å². The van der Waals surface area contributed by atoms with Gasteiger partial charge in [-0.15, -0.1) is 0 Å². The molecule has 4 aliphatic heterocycles. The van der Waals surface area contributed by atoms with Crippen LogP contribution in [0, 0.1) is 0 Å². The summed E-state index contributed by atoms with van der Waals surface area (Å²) in [6.45, 7) is 6.40. The van der Waals surface area contributed by atoms with Crippen LogP contribution in [-0.4, -0.2) is 35.5 Å². The van der Waals surface area contributed by atoms with Crippen molar-refractivity contribution in [3.8, 4) is 0 Å². The summed E-state index contributed by atoms with van der Waals surface area (Å²) < 4.78 is 0. The van der Waals surface area contributed by atoms with E-state index in [9.17, 15) is 0 Å². The third-order valence-electron chi connectivity index (χ3n) is 4.73. The molecule has 132 valence electrons. The summed E-state index contributed by atoms with van der Waals surface area (Å²) in [5.41, 5.74) is 2.66. The summed E-state index contributed by atoms with van der Waals surface area (Å²) in [7, 11) is 0. The van der Waals surface area contributed by atoms with Crippen LogP contribution >= 0.6 is 23.5 Å². The summed E-state index contributed by atoms with van der Waals surface area (Å²) in [4.78, 5) is 16.4. The lowest BCUT2D eigenvalue weighted by Gasteiger charge is -2.12. The molecule has 2 aromatic rings. The average molecular weight is 381 g/mol. The van der Waals surface area contributed by atoms with Crippen molar-refractivity contribution in [2.24, 2.45) is 9.98 Å². The van der Waals surface area contributed by atoms with Crippen molar-refractivity contribution in [2.75, 3.05) is 22.9 Å². The van der Waals surface area contributed by atoms with Gasteiger partial charge in [0.1, 0.15) is 0 Å². The molecule has 4 heterocycles. The molecule has 0 radical (unpaired) electrons. The number of fused-ring (bicyclic) bond motifs is 6. The van der Waals surface area contributed by atoms with Crippen LogP contribution in [0.4, 0.5) is 11.4 Å². The Balaban J connectivity index is 0.000000115. The number of anilines is 2. The lowest BCUT2D eigenvalue weighted by molar-refractivity contribution is 0.793. The van der Waals surface area contributed by atoms with Gasteiger partial charge < -0.3 is 9.80 Å². The van der Waals surface area contributed by atoms with E-state index >= 15 is 0 Å². The number of aliphatic imine (C=N–C) groups is 2. The van der Waals surface area contributed by atoms with Gasteiger partial charge in [0.05, 0.1) is 23.5 Å². The van der Waals surface area contributed by atoms with E-state index in [2.05, 4.69) is 82.2 Å². The summed E-state index contributed by atoms with van der Waals surface area (Å²) >= 11 is 3.57. The first-order valence-electron chi connectivity index (χ1n) is 8.93. The first kappa shape index (κ1) is 16.3. The molecular weight excluding hydrogens is 360 g/mol. The maximum absolute atomic E-state index is 4.57. The molecule has 6 heteroatoms. The van der Waals surface area contributed by atoms with E-state index < -0.39 is 0 Å².